The van der Waals surface area contributed by atoms with E-state index in [1.54, 1.807) is 4.90 Å². The molecule has 0 saturated heterocycles. The molecule has 2 aliphatic rings. The van der Waals surface area contributed by atoms with Crippen LogP contribution in [0.4, 0.5) is 0 Å². The van der Waals surface area contributed by atoms with E-state index in [0.717, 1.165) is 17.5 Å². The number of amides is 1. The van der Waals surface area contributed by atoms with Gasteiger partial charge in [-0.25, -0.2) is 4.99 Å². The first-order chi connectivity index (χ1) is 11.5. The summed E-state index contributed by atoms with van der Waals surface area (Å²) in [6.45, 7) is 2.93. The third kappa shape index (κ3) is 3.46. The summed E-state index contributed by atoms with van der Waals surface area (Å²) in [5.74, 6) is 0.975. The molecule has 1 atom stereocenters. The van der Waals surface area contributed by atoms with Gasteiger partial charge in [0.05, 0.1) is 6.54 Å². The molecule has 0 spiro atoms. The standard InChI is InChI=1S/C19H28N4O/c1-19(11-14-5-3-2-4-6-14)17(24)23(18(21)22-19)13-16-9-7-15(12-20)8-10-16/h7-10,14H,2-6,11-13,20H2,1H3,(H2,21,22). The van der Waals surface area contributed by atoms with E-state index in [1.165, 1.54) is 32.1 Å². The van der Waals surface area contributed by atoms with Crippen LogP contribution in [0.1, 0.15) is 56.6 Å². The van der Waals surface area contributed by atoms with Gasteiger partial charge in [0.15, 0.2) is 5.96 Å². The lowest BCUT2D eigenvalue weighted by Crippen LogP contribution is -2.43. The predicted octanol–water partition coefficient (Wildman–Crippen LogP) is 2.53. The lowest BCUT2D eigenvalue weighted by atomic mass is 9.80. The Balaban J connectivity index is 1.69. The SMILES string of the molecule is CC1(CC2CCCCC2)N=C(N)N(Cc2ccc(CN)cc2)C1=O. The monoisotopic (exact) mass is 328 g/mol. The van der Waals surface area contributed by atoms with Crippen LogP contribution in [0.2, 0.25) is 0 Å². The summed E-state index contributed by atoms with van der Waals surface area (Å²) in [4.78, 5) is 19.1. The zero-order chi connectivity index (χ0) is 17.2. The third-order valence-corrected chi connectivity index (χ3v) is 5.35. The maximum Gasteiger partial charge on any atom is 0.257 e. The lowest BCUT2D eigenvalue weighted by Gasteiger charge is -2.29. The number of nitrogens with two attached hydrogens (primary N) is 2. The first-order valence-electron chi connectivity index (χ1n) is 8.97. The molecule has 0 aromatic heterocycles. The van der Waals surface area contributed by atoms with E-state index in [0.29, 0.717) is 25.0 Å². The minimum Gasteiger partial charge on any atom is -0.369 e. The van der Waals surface area contributed by atoms with E-state index in [-0.39, 0.29) is 5.91 Å². The minimum absolute atomic E-state index is 0.0356. The first kappa shape index (κ1) is 17.0. The zero-order valence-electron chi connectivity index (χ0n) is 14.5. The van der Waals surface area contributed by atoms with Gasteiger partial charge in [-0.1, -0.05) is 56.4 Å². The molecule has 3 rings (SSSR count). The summed E-state index contributed by atoms with van der Waals surface area (Å²) in [6, 6.07) is 7.98. The van der Waals surface area contributed by atoms with Gasteiger partial charge in [-0.05, 0) is 30.4 Å². The van der Waals surface area contributed by atoms with Crippen molar-refractivity contribution in [1.29, 1.82) is 0 Å². The van der Waals surface area contributed by atoms with E-state index in [4.69, 9.17) is 11.5 Å². The fourth-order valence-electron chi connectivity index (χ4n) is 3.96. The van der Waals surface area contributed by atoms with Crippen molar-refractivity contribution in [3.05, 3.63) is 35.4 Å². The highest BCUT2D eigenvalue weighted by Crippen LogP contribution is 2.35. The number of carbonyl (C=O) groups excluding carboxylic acids is 1. The van der Waals surface area contributed by atoms with Gasteiger partial charge in [-0.3, -0.25) is 9.69 Å². The minimum atomic E-state index is -0.691. The Hall–Kier alpha value is -1.88. The average molecular weight is 328 g/mol. The van der Waals surface area contributed by atoms with Crippen LogP contribution in [-0.2, 0) is 17.9 Å². The highest BCUT2D eigenvalue weighted by atomic mass is 16.2. The van der Waals surface area contributed by atoms with Crippen molar-refractivity contribution < 1.29 is 4.79 Å². The highest BCUT2D eigenvalue weighted by Gasteiger charge is 2.45. The van der Waals surface area contributed by atoms with Crippen LogP contribution >= 0.6 is 0 Å². The predicted molar refractivity (Wildman–Crippen MR) is 96.1 cm³/mol. The van der Waals surface area contributed by atoms with Crippen LogP contribution < -0.4 is 11.5 Å². The molecule has 1 saturated carbocycles. The average Bonchev–Trinajstić information content (AvgIpc) is 2.79. The lowest BCUT2D eigenvalue weighted by molar-refractivity contribution is -0.131. The number of aliphatic imine (C=N–C) groups is 1. The van der Waals surface area contributed by atoms with E-state index < -0.39 is 5.54 Å². The zero-order valence-corrected chi connectivity index (χ0v) is 14.5. The second-order valence-corrected chi connectivity index (χ2v) is 7.36. The molecule has 1 heterocycles. The number of hydrogen-bond acceptors (Lipinski definition) is 4. The Bertz CT molecular complexity index is 619. The fourth-order valence-corrected chi connectivity index (χ4v) is 3.96. The molecule has 1 aliphatic carbocycles. The molecule has 130 valence electrons. The van der Waals surface area contributed by atoms with Crippen molar-refractivity contribution in [3.8, 4) is 0 Å². The Morgan fingerprint density at radius 3 is 2.42 bits per heavy atom. The Labute approximate surface area is 144 Å². The van der Waals surface area contributed by atoms with Gasteiger partial charge >= 0.3 is 0 Å². The smallest absolute Gasteiger partial charge is 0.257 e. The molecule has 1 aliphatic heterocycles. The van der Waals surface area contributed by atoms with Gasteiger partial charge < -0.3 is 11.5 Å². The van der Waals surface area contributed by atoms with Crippen molar-refractivity contribution in [2.75, 3.05) is 0 Å². The van der Waals surface area contributed by atoms with Gasteiger partial charge in [0.2, 0.25) is 0 Å². The third-order valence-electron chi connectivity index (χ3n) is 5.35. The molecule has 5 nitrogen and oxygen atoms in total. The Kier molecular flexibility index (Phi) is 4.90. The number of rotatable bonds is 5. The number of hydrogen-bond donors (Lipinski definition) is 2. The molecule has 1 amide bonds. The maximum atomic E-state index is 13.0. The van der Waals surface area contributed by atoms with Crippen molar-refractivity contribution >= 4 is 11.9 Å². The molecule has 1 fully saturated rings. The van der Waals surface area contributed by atoms with Crippen LogP contribution in [0.3, 0.4) is 0 Å². The topological polar surface area (TPSA) is 84.7 Å². The van der Waals surface area contributed by atoms with Crippen molar-refractivity contribution in [1.82, 2.24) is 4.90 Å². The van der Waals surface area contributed by atoms with Crippen LogP contribution in [0, 0.1) is 5.92 Å². The molecule has 0 bridgehead atoms. The van der Waals surface area contributed by atoms with Gasteiger partial charge in [-0.15, -0.1) is 0 Å². The summed E-state index contributed by atoms with van der Waals surface area (Å²) in [5.41, 5.74) is 13.1. The first-order valence-corrected chi connectivity index (χ1v) is 8.97. The van der Waals surface area contributed by atoms with Gasteiger partial charge in [-0.2, -0.15) is 0 Å². The van der Waals surface area contributed by atoms with Crippen molar-refractivity contribution in [2.24, 2.45) is 22.4 Å². The number of carbonyl (C=O) groups is 1. The van der Waals surface area contributed by atoms with Crippen LogP contribution in [0.5, 0.6) is 0 Å². The fraction of sp³-hybridized carbons (Fsp3) is 0.579. The van der Waals surface area contributed by atoms with E-state index in [2.05, 4.69) is 4.99 Å². The van der Waals surface area contributed by atoms with E-state index in [9.17, 15) is 4.79 Å². The quantitative estimate of drug-likeness (QED) is 0.871. The molecule has 24 heavy (non-hydrogen) atoms. The van der Waals surface area contributed by atoms with Gasteiger partial charge in [0.25, 0.3) is 5.91 Å². The van der Waals surface area contributed by atoms with E-state index >= 15 is 0 Å². The van der Waals surface area contributed by atoms with Crippen molar-refractivity contribution in [3.63, 3.8) is 0 Å². The van der Waals surface area contributed by atoms with Crippen molar-refractivity contribution in [2.45, 2.75) is 64.1 Å². The second-order valence-electron chi connectivity index (χ2n) is 7.36. The maximum absolute atomic E-state index is 13.0. The molecule has 1 aromatic carbocycles. The van der Waals surface area contributed by atoms with E-state index in [1.807, 2.05) is 31.2 Å². The summed E-state index contributed by atoms with van der Waals surface area (Å²) < 4.78 is 0. The second kappa shape index (κ2) is 6.93. The molecule has 4 N–H and O–H groups in total. The number of nitrogens with zero attached hydrogens (tertiary/aromatic N) is 2. The molecular formula is C19H28N4O. The van der Waals surface area contributed by atoms with Gasteiger partial charge in [0, 0.05) is 6.54 Å². The molecule has 1 unspecified atom stereocenters. The summed E-state index contributed by atoms with van der Waals surface area (Å²) in [5, 5.41) is 0. The molecule has 5 heteroatoms. The number of guanidine groups is 1. The normalized spacial score (nSPS) is 25.2. The van der Waals surface area contributed by atoms with Crippen LogP contribution in [-0.4, -0.2) is 22.3 Å². The number of benzene rings is 1. The highest BCUT2D eigenvalue weighted by molar-refractivity contribution is 6.06. The summed E-state index contributed by atoms with van der Waals surface area (Å²) in [6.07, 6.45) is 7.08. The summed E-state index contributed by atoms with van der Waals surface area (Å²) in [7, 11) is 0. The Morgan fingerprint density at radius 2 is 1.79 bits per heavy atom. The molecule has 0 radical (unpaired) electrons. The Morgan fingerprint density at radius 1 is 1.17 bits per heavy atom. The summed E-state index contributed by atoms with van der Waals surface area (Å²) >= 11 is 0. The van der Waals surface area contributed by atoms with Crippen LogP contribution in [0.25, 0.3) is 0 Å². The van der Waals surface area contributed by atoms with Gasteiger partial charge in [0.1, 0.15) is 5.54 Å². The van der Waals surface area contributed by atoms with Crippen LogP contribution in [0.15, 0.2) is 29.3 Å². The largest absolute Gasteiger partial charge is 0.369 e. The molecule has 1 aromatic rings. The molecular weight excluding hydrogens is 300 g/mol.